The normalized spacial score (nSPS) is 18.5. The second-order valence-corrected chi connectivity index (χ2v) is 4.74. The molecule has 2 rings (SSSR count). The molecule has 1 unspecified atom stereocenters. The summed E-state index contributed by atoms with van der Waals surface area (Å²) < 4.78 is 5.54. The minimum atomic E-state index is -0.917. The fourth-order valence-electron chi connectivity index (χ4n) is 2.22. The molecule has 0 bridgehead atoms. The molecule has 0 aromatic carbocycles. The largest absolute Gasteiger partial charge is 0.478 e. The lowest BCUT2D eigenvalue weighted by molar-refractivity contribution is 0.0696. The Kier molecular flexibility index (Phi) is 4.74. The van der Waals surface area contributed by atoms with Crippen molar-refractivity contribution in [2.45, 2.75) is 38.7 Å². The fraction of sp³-hybridized carbons (Fsp3) is 0.571. The highest BCUT2D eigenvalue weighted by Gasteiger charge is 2.15. The molecule has 1 aromatic heterocycles. The Balaban J connectivity index is 1.94. The molecule has 1 saturated heterocycles. The van der Waals surface area contributed by atoms with Crippen LogP contribution in [0.4, 0.5) is 5.82 Å². The van der Waals surface area contributed by atoms with E-state index in [9.17, 15) is 4.79 Å². The highest BCUT2D eigenvalue weighted by molar-refractivity contribution is 5.88. The number of aromatic carboxylic acids is 1. The number of carbonyl (C=O) groups is 1. The Morgan fingerprint density at radius 2 is 2.42 bits per heavy atom. The van der Waals surface area contributed by atoms with E-state index in [1.807, 2.05) is 6.92 Å². The summed E-state index contributed by atoms with van der Waals surface area (Å²) in [5, 5.41) is 12.2. The van der Waals surface area contributed by atoms with Crippen LogP contribution >= 0.6 is 0 Å². The lowest BCUT2D eigenvalue weighted by Gasteiger charge is -2.11. The number of hydrogen-bond donors (Lipinski definition) is 2. The number of carboxylic acids is 1. The zero-order valence-electron chi connectivity index (χ0n) is 11.2. The second-order valence-electron chi connectivity index (χ2n) is 4.74. The van der Waals surface area contributed by atoms with Crippen molar-refractivity contribution < 1.29 is 14.6 Å². The summed E-state index contributed by atoms with van der Waals surface area (Å²) in [6, 6.07) is 3.20. The monoisotopic (exact) mass is 264 g/mol. The van der Waals surface area contributed by atoms with Crippen LogP contribution in [0.15, 0.2) is 12.1 Å². The molecule has 1 fully saturated rings. The van der Waals surface area contributed by atoms with Gasteiger partial charge < -0.3 is 15.2 Å². The molecule has 2 N–H and O–H groups in total. The lowest BCUT2D eigenvalue weighted by atomic mass is 10.1. The standard InChI is InChI=1S/C14H20N2O3/c1-2-11-8-10(14(17)18)9-13(16-11)15-6-5-12-4-3-7-19-12/h8-9,12H,2-7H2,1H3,(H,15,16)(H,17,18). The van der Waals surface area contributed by atoms with Gasteiger partial charge in [-0.15, -0.1) is 0 Å². The Bertz CT molecular complexity index is 442. The zero-order chi connectivity index (χ0) is 13.7. The summed E-state index contributed by atoms with van der Waals surface area (Å²) in [6.45, 7) is 3.57. The van der Waals surface area contributed by atoms with Gasteiger partial charge in [-0.25, -0.2) is 9.78 Å². The van der Waals surface area contributed by atoms with Gasteiger partial charge in [0.05, 0.1) is 11.7 Å². The number of aryl methyl sites for hydroxylation is 1. The van der Waals surface area contributed by atoms with Crippen molar-refractivity contribution in [1.82, 2.24) is 4.98 Å². The fourth-order valence-corrected chi connectivity index (χ4v) is 2.22. The molecule has 5 nitrogen and oxygen atoms in total. The van der Waals surface area contributed by atoms with Gasteiger partial charge in [-0.3, -0.25) is 0 Å². The molecule has 1 aliphatic heterocycles. The van der Waals surface area contributed by atoms with E-state index < -0.39 is 5.97 Å². The molecule has 1 aromatic rings. The predicted molar refractivity (Wildman–Crippen MR) is 72.7 cm³/mol. The lowest BCUT2D eigenvalue weighted by Crippen LogP contribution is -2.14. The average molecular weight is 264 g/mol. The first-order chi connectivity index (χ1) is 9.19. The van der Waals surface area contributed by atoms with E-state index in [-0.39, 0.29) is 5.56 Å². The Labute approximate surface area is 113 Å². The Morgan fingerprint density at radius 3 is 3.05 bits per heavy atom. The van der Waals surface area contributed by atoms with Gasteiger partial charge in [0, 0.05) is 18.8 Å². The van der Waals surface area contributed by atoms with Crippen LogP contribution in [0, 0.1) is 0 Å². The van der Waals surface area contributed by atoms with Gasteiger partial charge in [0.1, 0.15) is 5.82 Å². The zero-order valence-corrected chi connectivity index (χ0v) is 11.2. The van der Waals surface area contributed by atoms with E-state index in [0.29, 0.717) is 11.9 Å². The van der Waals surface area contributed by atoms with Gasteiger partial charge >= 0.3 is 5.97 Å². The van der Waals surface area contributed by atoms with Gasteiger partial charge in [0.25, 0.3) is 0 Å². The smallest absolute Gasteiger partial charge is 0.335 e. The number of aromatic nitrogens is 1. The van der Waals surface area contributed by atoms with E-state index in [2.05, 4.69) is 10.3 Å². The third-order valence-corrected chi connectivity index (χ3v) is 3.28. The van der Waals surface area contributed by atoms with Crippen molar-refractivity contribution in [3.8, 4) is 0 Å². The number of nitrogens with one attached hydrogen (secondary N) is 1. The Morgan fingerprint density at radius 1 is 1.58 bits per heavy atom. The third-order valence-electron chi connectivity index (χ3n) is 3.28. The number of anilines is 1. The van der Waals surface area contributed by atoms with E-state index in [1.54, 1.807) is 12.1 Å². The van der Waals surface area contributed by atoms with Crippen molar-refractivity contribution in [3.05, 3.63) is 23.4 Å². The first kappa shape index (κ1) is 13.8. The molecule has 1 atom stereocenters. The van der Waals surface area contributed by atoms with Crippen LogP contribution in [-0.4, -0.2) is 35.3 Å². The molecule has 0 saturated carbocycles. The minimum absolute atomic E-state index is 0.284. The van der Waals surface area contributed by atoms with E-state index >= 15 is 0 Å². The molecule has 0 aliphatic carbocycles. The van der Waals surface area contributed by atoms with Crippen molar-refractivity contribution in [2.75, 3.05) is 18.5 Å². The van der Waals surface area contributed by atoms with Crippen LogP contribution in [0.25, 0.3) is 0 Å². The highest BCUT2D eigenvalue weighted by atomic mass is 16.5. The number of rotatable bonds is 6. The molecule has 5 heteroatoms. The average Bonchev–Trinajstić information content (AvgIpc) is 2.91. The Hall–Kier alpha value is -1.62. The van der Waals surface area contributed by atoms with E-state index in [4.69, 9.17) is 9.84 Å². The van der Waals surface area contributed by atoms with Crippen LogP contribution in [0.3, 0.4) is 0 Å². The molecule has 0 radical (unpaired) electrons. The molecule has 2 heterocycles. The summed E-state index contributed by atoms with van der Waals surface area (Å²) >= 11 is 0. The molecule has 0 spiro atoms. The number of hydrogen-bond acceptors (Lipinski definition) is 4. The maximum absolute atomic E-state index is 11.0. The van der Waals surface area contributed by atoms with Crippen molar-refractivity contribution >= 4 is 11.8 Å². The molecule has 0 amide bonds. The maximum atomic E-state index is 11.0. The topological polar surface area (TPSA) is 71.5 Å². The molecular weight excluding hydrogens is 244 g/mol. The predicted octanol–water partition coefficient (Wildman–Crippen LogP) is 2.32. The van der Waals surface area contributed by atoms with Crippen molar-refractivity contribution in [1.29, 1.82) is 0 Å². The van der Waals surface area contributed by atoms with Crippen molar-refractivity contribution in [2.24, 2.45) is 0 Å². The van der Waals surface area contributed by atoms with Gasteiger partial charge in [-0.2, -0.15) is 0 Å². The summed E-state index contributed by atoms with van der Waals surface area (Å²) in [6.07, 6.45) is 4.24. The number of ether oxygens (including phenoxy) is 1. The van der Waals surface area contributed by atoms with Crippen LogP contribution in [0.5, 0.6) is 0 Å². The maximum Gasteiger partial charge on any atom is 0.335 e. The van der Waals surface area contributed by atoms with Crippen molar-refractivity contribution in [3.63, 3.8) is 0 Å². The number of carboxylic acid groups (broad SMARTS) is 1. The van der Waals surface area contributed by atoms with Gasteiger partial charge in [-0.1, -0.05) is 6.92 Å². The first-order valence-electron chi connectivity index (χ1n) is 6.78. The molecular formula is C14H20N2O3. The summed E-state index contributed by atoms with van der Waals surface area (Å²) in [5.74, 6) is -0.283. The van der Waals surface area contributed by atoms with E-state index in [1.165, 1.54) is 0 Å². The van der Waals surface area contributed by atoms with Gasteiger partial charge in [-0.05, 0) is 37.8 Å². The van der Waals surface area contributed by atoms with Gasteiger partial charge in [0.2, 0.25) is 0 Å². The van der Waals surface area contributed by atoms with Crippen LogP contribution in [-0.2, 0) is 11.2 Å². The molecule has 19 heavy (non-hydrogen) atoms. The van der Waals surface area contributed by atoms with E-state index in [0.717, 1.165) is 44.5 Å². The summed E-state index contributed by atoms with van der Waals surface area (Å²) in [5.41, 5.74) is 1.07. The third kappa shape index (κ3) is 3.92. The van der Waals surface area contributed by atoms with Crippen LogP contribution in [0.1, 0.15) is 42.2 Å². The minimum Gasteiger partial charge on any atom is -0.478 e. The molecule has 104 valence electrons. The summed E-state index contributed by atoms with van der Waals surface area (Å²) in [4.78, 5) is 15.4. The van der Waals surface area contributed by atoms with Crippen LogP contribution < -0.4 is 5.32 Å². The highest BCUT2D eigenvalue weighted by Crippen LogP contribution is 2.16. The molecule has 1 aliphatic rings. The summed E-state index contributed by atoms with van der Waals surface area (Å²) in [7, 11) is 0. The van der Waals surface area contributed by atoms with Crippen LogP contribution in [0.2, 0.25) is 0 Å². The second kappa shape index (κ2) is 6.52. The first-order valence-corrected chi connectivity index (χ1v) is 6.78. The quantitative estimate of drug-likeness (QED) is 0.825. The number of nitrogens with zero attached hydrogens (tertiary/aromatic N) is 1. The van der Waals surface area contributed by atoms with Gasteiger partial charge in [0.15, 0.2) is 0 Å². The number of pyridine rings is 1. The SMILES string of the molecule is CCc1cc(C(=O)O)cc(NCCC2CCCO2)n1.